The molecule has 1 fully saturated rings. The highest BCUT2D eigenvalue weighted by atomic mass is 16.5. The van der Waals surface area contributed by atoms with Crippen LogP contribution < -0.4 is 20.3 Å². The Morgan fingerprint density at radius 1 is 1.19 bits per heavy atom. The van der Waals surface area contributed by atoms with Gasteiger partial charge in [-0.05, 0) is 24.3 Å². The molecule has 2 aromatic carbocycles. The highest BCUT2D eigenvalue weighted by molar-refractivity contribution is 6.18. The number of fused-ring (bicyclic) bond motifs is 3. The van der Waals surface area contributed by atoms with Crippen LogP contribution >= 0.6 is 0 Å². The number of hydrogen-bond donors (Lipinski definition) is 2. The number of para-hydroxylation sites is 1. The van der Waals surface area contributed by atoms with Crippen LogP contribution in [0.25, 0.3) is 0 Å². The number of carbonyl (C=O) groups excluding carboxylic acids is 3. The predicted octanol–water partition coefficient (Wildman–Crippen LogP) is 1.90. The summed E-state index contributed by atoms with van der Waals surface area (Å²) in [6, 6.07) is 13.7. The number of carbonyl (C=O) groups is 3. The van der Waals surface area contributed by atoms with Crippen molar-refractivity contribution in [3.05, 3.63) is 54.1 Å². The van der Waals surface area contributed by atoms with E-state index in [1.807, 2.05) is 0 Å². The van der Waals surface area contributed by atoms with Gasteiger partial charge in [0.05, 0.1) is 18.4 Å². The Kier molecular flexibility index (Phi) is 3.64. The number of methoxy groups -OCH3 is 1. The SMILES string of the molecule is COc1cccc(NC(=O)C23CCC(=O)N2c2ccccc2C(=O)N3)c1. The molecule has 2 heterocycles. The molecule has 1 saturated heterocycles. The molecular formula is C19H17N3O4. The van der Waals surface area contributed by atoms with Gasteiger partial charge in [-0.3, -0.25) is 19.3 Å². The summed E-state index contributed by atoms with van der Waals surface area (Å²) < 4.78 is 5.16. The number of rotatable bonds is 3. The van der Waals surface area contributed by atoms with Crippen molar-refractivity contribution in [2.75, 3.05) is 17.3 Å². The first-order valence-corrected chi connectivity index (χ1v) is 8.25. The van der Waals surface area contributed by atoms with E-state index < -0.39 is 11.6 Å². The smallest absolute Gasteiger partial charge is 0.271 e. The fourth-order valence-corrected chi connectivity index (χ4v) is 3.51. The van der Waals surface area contributed by atoms with Crippen molar-refractivity contribution in [2.45, 2.75) is 18.5 Å². The zero-order chi connectivity index (χ0) is 18.3. The van der Waals surface area contributed by atoms with Gasteiger partial charge >= 0.3 is 0 Å². The molecule has 1 unspecified atom stereocenters. The maximum absolute atomic E-state index is 13.1. The summed E-state index contributed by atoms with van der Waals surface area (Å²) in [6.07, 6.45) is 0.391. The summed E-state index contributed by atoms with van der Waals surface area (Å²) in [6.45, 7) is 0. The molecule has 0 aliphatic carbocycles. The number of benzene rings is 2. The standard InChI is InChI=1S/C19H17N3O4/c1-26-13-6-4-5-12(11-13)20-18(25)19-10-9-16(23)22(19)15-8-3-2-7-14(15)17(24)21-19/h2-8,11H,9-10H2,1H3,(H,20,25)(H,21,24). The predicted molar refractivity (Wildman–Crippen MR) is 95.0 cm³/mol. The number of nitrogens with zero attached hydrogens (tertiary/aromatic N) is 1. The molecule has 3 amide bonds. The zero-order valence-electron chi connectivity index (χ0n) is 14.1. The summed E-state index contributed by atoms with van der Waals surface area (Å²) in [5.41, 5.74) is -0.0609. The normalized spacial score (nSPS) is 20.9. The van der Waals surface area contributed by atoms with Crippen molar-refractivity contribution in [1.29, 1.82) is 0 Å². The van der Waals surface area contributed by atoms with Crippen molar-refractivity contribution in [3.8, 4) is 5.75 Å². The molecule has 0 radical (unpaired) electrons. The first-order valence-electron chi connectivity index (χ1n) is 8.25. The van der Waals surface area contributed by atoms with Crippen molar-refractivity contribution < 1.29 is 19.1 Å². The summed E-state index contributed by atoms with van der Waals surface area (Å²) in [4.78, 5) is 39.6. The van der Waals surface area contributed by atoms with Gasteiger partial charge in [-0.2, -0.15) is 0 Å². The topological polar surface area (TPSA) is 87.7 Å². The van der Waals surface area contributed by atoms with E-state index in [2.05, 4.69) is 10.6 Å². The molecule has 7 nitrogen and oxygen atoms in total. The quantitative estimate of drug-likeness (QED) is 0.884. The van der Waals surface area contributed by atoms with Gasteiger partial charge in [-0.25, -0.2) is 0 Å². The second kappa shape index (κ2) is 5.87. The lowest BCUT2D eigenvalue weighted by Crippen LogP contribution is -2.68. The first-order chi connectivity index (χ1) is 12.5. The molecule has 0 saturated carbocycles. The van der Waals surface area contributed by atoms with Gasteiger partial charge in [0, 0.05) is 24.6 Å². The average molecular weight is 351 g/mol. The average Bonchev–Trinajstić information content (AvgIpc) is 3.00. The van der Waals surface area contributed by atoms with E-state index in [-0.39, 0.29) is 24.7 Å². The van der Waals surface area contributed by atoms with Crippen LogP contribution in [0, 0.1) is 0 Å². The first kappa shape index (κ1) is 16.1. The van der Waals surface area contributed by atoms with Crippen LogP contribution in [0.15, 0.2) is 48.5 Å². The van der Waals surface area contributed by atoms with Gasteiger partial charge < -0.3 is 15.4 Å². The molecule has 2 aliphatic heterocycles. The maximum atomic E-state index is 13.1. The molecule has 0 spiro atoms. The van der Waals surface area contributed by atoms with E-state index in [1.54, 1.807) is 48.5 Å². The maximum Gasteiger partial charge on any atom is 0.271 e. The largest absolute Gasteiger partial charge is 0.497 e. The van der Waals surface area contributed by atoms with Crippen molar-refractivity contribution in [1.82, 2.24) is 5.32 Å². The van der Waals surface area contributed by atoms with Crippen LogP contribution in [0.3, 0.4) is 0 Å². The third-order valence-electron chi connectivity index (χ3n) is 4.74. The van der Waals surface area contributed by atoms with Crippen LogP contribution in [0.4, 0.5) is 11.4 Å². The fourth-order valence-electron chi connectivity index (χ4n) is 3.51. The van der Waals surface area contributed by atoms with Crippen molar-refractivity contribution >= 4 is 29.1 Å². The van der Waals surface area contributed by atoms with E-state index in [4.69, 9.17) is 4.74 Å². The summed E-state index contributed by atoms with van der Waals surface area (Å²) in [7, 11) is 1.54. The molecule has 132 valence electrons. The van der Waals surface area contributed by atoms with E-state index in [9.17, 15) is 14.4 Å². The Labute approximate surface area is 149 Å². The summed E-state index contributed by atoms with van der Waals surface area (Å²) in [5.74, 6) is -0.428. The Morgan fingerprint density at radius 2 is 2.00 bits per heavy atom. The molecule has 0 aromatic heterocycles. The van der Waals surface area contributed by atoms with E-state index in [0.717, 1.165) is 0 Å². The highest BCUT2D eigenvalue weighted by Gasteiger charge is 2.56. The van der Waals surface area contributed by atoms with Gasteiger partial charge in [0.15, 0.2) is 0 Å². The van der Waals surface area contributed by atoms with Crippen molar-refractivity contribution in [2.24, 2.45) is 0 Å². The Bertz CT molecular complexity index is 927. The second-order valence-electron chi connectivity index (χ2n) is 6.25. The Morgan fingerprint density at radius 3 is 2.81 bits per heavy atom. The Hall–Kier alpha value is -3.35. The fraction of sp³-hybridized carbons (Fsp3) is 0.211. The zero-order valence-corrected chi connectivity index (χ0v) is 14.1. The van der Waals surface area contributed by atoms with Crippen LogP contribution in [-0.2, 0) is 9.59 Å². The summed E-state index contributed by atoms with van der Waals surface area (Å²) in [5, 5.41) is 5.54. The van der Waals surface area contributed by atoms with Gasteiger partial charge in [0.2, 0.25) is 11.6 Å². The third kappa shape index (κ3) is 2.32. The molecule has 7 heteroatoms. The van der Waals surface area contributed by atoms with E-state index in [0.29, 0.717) is 22.7 Å². The molecule has 0 bridgehead atoms. The lowest BCUT2D eigenvalue weighted by molar-refractivity contribution is -0.124. The molecule has 1 atom stereocenters. The van der Waals surface area contributed by atoms with Gasteiger partial charge in [-0.15, -0.1) is 0 Å². The molecular weight excluding hydrogens is 334 g/mol. The van der Waals surface area contributed by atoms with Crippen LogP contribution in [0.1, 0.15) is 23.2 Å². The lowest BCUT2D eigenvalue weighted by atomic mass is 9.98. The van der Waals surface area contributed by atoms with Crippen LogP contribution in [-0.4, -0.2) is 30.5 Å². The number of ether oxygens (including phenoxy) is 1. The highest BCUT2D eigenvalue weighted by Crippen LogP contribution is 2.39. The number of nitrogens with one attached hydrogen (secondary N) is 2. The monoisotopic (exact) mass is 351 g/mol. The molecule has 4 rings (SSSR count). The molecule has 2 aliphatic rings. The molecule has 2 N–H and O–H groups in total. The molecule has 2 aromatic rings. The Balaban J connectivity index is 1.73. The van der Waals surface area contributed by atoms with Crippen LogP contribution in [0.5, 0.6) is 5.75 Å². The van der Waals surface area contributed by atoms with E-state index >= 15 is 0 Å². The summed E-state index contributed by atoms with van der Waals surface area (Å²) >= 11 is 0. The number of amides is 3. The van der Waals surface area contributed by atoms with Gasteiger partial charge in [-0.1, -0.05) is 18.2 Å². The van der Waals surface area contributed by atoms with Gasteiger partial charge in [0.25, 0.3) is 11.8 Å². The van der Waals surface area contributed by atoms with Crippen LogP contribution in [0.2, 0.25) is 0 Å². The minimum absolute atomic E-state index is 0.181. The number of anilines is 2. The van der Waals surface area contributed by atoms with Crippen molar-refractivity contribution in [3.63, 3.8) is 0 Å². The number of hydrogen-bond acceptors (Lipinski definition) is 4. The minimum Gasteiger partial charge on any atom is -0.497 e. The third-order valence-corrected chi connectivity index (χ3v) is 4.74. The minimum atomic E-state index is -1.43. The lowest BCUT2D eigenvalue weighted by Gasteiger charge is -2.41. The second-order valence-corrected chi connectivity index (χ2v) is 6.25. The molecule has 26 heavy (non-hydrogen) atoms. The van der Waals surface area contributed by atoms with Gasteiger partial charge in [0.1, 0.15) is 5.75 Å². The van der Waals surface area contributed by atoms with E-state index in [1.165, 1.54) is 12.0 Å².